The van der Waals surface area contributed by atoms with Crippen LogP contribution in [0.4, 0.5) is 5.69 Å². The molecule has 0 unspecified atom stereocenters. The quantitative estimate of drug-likeness (QED) is 0.843. The van der Waals surface area contributed by atoms with E-state index in [1.54, 1.807) is 19.1 Å². The Morgan fingerprint density at radius 3 is 2.57 bits per heavy atom. The number of hydrogen-bond acceptors (Lipinski definition) is 5. The van der Waals surface area contributed by atoms with Crippen molar-refractivity contribution in [3.63, 3.8) is 0 Å². The minimum atomic E-state index is -0.997. The highest BCUT2D eigenvalue weighted by molar-refractivity contribution is 5.92. The van der Waals surface area contributed by atoms with Gasteiger partial charge in [0.2, 0.25) is 11.8 Å². The molecule has 2 rings (SSSR count). The Morgan fingerprint density at radius 1 is 1.29 bits per heavy atom. The molecule has 7 heteroatoms. The third-order valence-corrected chi connectivity index (χ3v) is 2.78. The van der Waals surface area contributed by atoms with Gasteiger partial charge in [-0.25, -0.2) is 4.79 Å². The van der Waals surface area contributed by atoms with Crippen LogP contribution in [0.15, 0.2) is 28.8 Å². The summed E-state index contributed by atoms with van der Waals surface area (Å²) >= 11 is 0. The van der Waals surface area contributed by atoms with Crippen LogP contribution in [0.5, 0.6) is 0 Å². The maximum Gasteiger partial charge on any atom is 0.335 e. The molecule has 1 amide bonds. The van der Waals surface area contributed by atoms with Crippen LogP contribution in [-0.2, 0) is 11.2 Å². The first-order chi connectivity index (χ1) is 10.0. The van der Waals surface area contributed by atoms with Crippen molar-refractivity contribution in [3.8, 4) is 0 Å². The monoisotopic (exact) mass is 289 g/mol. The smallest absolute Gasteiger partial charge is 0.335 e. The molecule has 1 aromatic heterocycles. The molecule has 0 aliphatic rings. The minimum Gasteiger partial charge on any atom is -0.478 e. The van der Waals surface area contributed by atoms with Gasteiger partial charge in [0, 0.05) is 18.5 Å². The van der Waals surface area contributed by atoms with E-state index in [0.717, 1.165) is 0 Å². The molecule has 2 N–H and O–H groups in total. The van der Waals surface area contributed by atoms with Crippen LogP contribution < -0.4 is 5.32 Å². The number of hydrogen-bond donors (Lipinski definition) is 2. The molecular weight excluding hydrogens is 274 g/mol. The average molecular weight is 289 g/mol. The van der Waals surface area contributed by atoms with Gasteiger partial charge in [-0.2, -0.15) is 4.98 Å². The molecular formula is C14H15N3O4. The van der Waals surface area contributed by atoms with Gasteiger partial charge in [-0.15, -0.1) is 0 Å². The Bertz CT molecular complexity index is 634. The molecule has 110 valence electrons. The van der Waals surface area contributed by atoms with Crippen molar-refractivity contribution in [3.05, 3.63) is 41.5 Å². The number of nitrogens with one attached hydrogen (secondary N) is 1. The molecule has 1 heterocycles. The molecule has 0 spiro atoms. The van der Waals surface area contributed by atoms with Gasteiger partial charge in [-0.3, -0.25) is 4.79 Å². The Labute approximate surface area is 121 Å². The number of carbonyl (C=O) groups is 2. The zero-order valence-electron chi connectivity index (χ0n) is 11.5. The van der Waals surface area contributed by atoms with Crippen molar-refractivity contribution in [2.24, 2.45) is 0 Å². The summed E-state index contributed by atoms with van der Waals surface area (Å²) in [6, 6.07) is 6.00. The third-order valence-electron chi connectivity index (χ3n) is 2.78. The summed E-state index contributed by atoms with van der Waals surface area (Å²) in [5.41, 5.74) is 0.749. The molecule has 0 fully saturated rings. The van der Waals surface area contributed by atoms with E-state index in [1.807, 2.05) is 0 Å². The summed E-state index contributed by atoms with van der Waals surface area (Å²) in [5, 5.41) is 15.1. The number of benzene rings is 1. The molecule has 0 atom stereocenters. The fourth-order valence-electron chi connectivity index (χ4n) is 1.76. The predicted octanol–water partition coefficient (Wildman–Crippen LogP) is 2.04. The molecule has 0 saturated carbocycles. The molecule has 0 aliphatic carbocycles. The Morgan fingerprint density at radius 2 is 2.00 bits per heavy atom. The Kier molecular flexibility index (Phi) is 4.65. The summed E-state index contributed by atoms with van der Waals surface area (Å²) in [6.07, 6.45) is 1.47. The van der Waals surface area contributed by atoms with Gasteiger partial charge >= 0.3 is 5.97 Å². The predicted molar refractivity (Wildman–Crippen MR) is 74.0 cm³/mol. The van der Waals surface area contributed by atoms with Crippen molar-refractivity contribution in [1.29, 1.82) is 0 Å². The first kappa shape index (κ1) is 14.7. The maximum absolute atomic E-state index is 11.7. The van der Waals surface area contributed by atoms with Gasteiger partial charge in [0.05, 0.1) is 5.56 Å². The number of rotatable bonds is 6. The van der Waals surface area contributed by atoms with E-state index in [4.69, 9.17) is 9.63 Å². The van der Waals surface area contributed by atoms with E-state index < -0.39 is 5.97 Å². The summed E-state index contributed by atoms with van der Waals surface area (Å²) < 4.78 is 4.95. The van der Waals surface area contributed by atoms with Gasteiger partial charge in [0.25, 0.3) is 0 Å². The second kappa shape index (κ2) is 6.65. The van der Waals surface area contributed by atoms with Crippen molar-refractivity contribution >= 4 is 17.6 Å². The molecule has 2 aromatic rings. The average Bonchev–Trinajstić information content (AvgIpc) is 2.85. The van der Waals surface area contributed by atoms with Crippen molar-refractivity contribution in [2.75, 3.05) is 5.32 Å². The van der Waals surface area contributed by atoms with E-state index >= 15 is 0 Å². The zero-order chi connectivity index (χ0) is 15.2. The van der Waals surface area contributed by atoms with Crippen LogP contribution in [-0.4, -0.2) is 27.1 Å². The molecule has 0 aliphatic heterocycles. The number of aryl methyl sites for hydroxylation is 2. The lowest BCUT2D eigenvalue weighted by Crippen LogP contribution is -2.11. The van der Waals surface area contributed by atoms with Gasteiger partial charge in [-0.05, 0) is 37.6 Å². The van der Waals surface area contributed by atoms with E-state index in [1.165, 1.54) is 12.1 Å². The van der Waals surface area contributed by atoms with E-state index in [2.05, 4.69) is 15.5 Å². The summed E-state index contributed by atoms with van der Waals surface area (Å²) in [6.45, 7) is 1.74. The van der Waals surface area contributed by atoms with Gasteiger partial charge in [0.15, 0.2) is 5.82 Å². The fourth-order valence-corrected chi connectivity index (χ4v) is 1.76. The van der Waals surface area contributed by atoms with Crippen LogP contribution in [0.1, 0.15) is 34.9 Å². The summed E-state index contributed by atoms with van der Waals surface area (Å²) in [5.74, 6) is -0.0453. The maximum atomic E-state index is 11.7. The number of carboxylic acid groups (broad SMARTS) is 1. The van der Waals surface area contributed by atoms with E-state index in [9.17, 15) is 9.59 Å². The molecule has 0 bridgehead atoms. The highest BCUT2D eigenvalue weighted by Crippen LogP contribution is 2.11. The number of carbonyl (C=O) groups excluding carboxylic acids is 1. The lowest BCUT2D eigenvalue weighted by Gasteiger charge is -2.04. The number of aromatic carboxylic acids is 1. The number of carboxylic acids is 1. The van der Waals surface area contributed by atoms with Crippen LogP contribution in [0, 0.1) is 6.92 Å². The Hall–Kier alpha value is -2.70. The van der Waals surface area contributed by atoms with Crippen molar-refractivity contribution in [2.45, 2.75) is 26.2 Å². The minimum absolute atomic E-state index is 0.144. The number of aromatic nitrogens is 2. The number of nitrogens with zero attached hydrogens (tertiary/aromatic N) is 2. The van der Waals surface area contributed by atoms with Crippen LogP contribution in [0.25, 0.3) is 0 Å². The highest BCUT2D eigenvalue weighted by Gasteiger charge is 2.07. The van der Waals surface area contributed by atoms with Crippen LogP contribution >= 0.6 is 0 Å². The number of amides is 1. The second-order valence-corrected chi connectivity index (χ2v) is 4.52. The zero-order valence-corrected chi connectivity index (χ0v) is 11.5. The second-order valence-electron chi connectivity index (χ2n) is 4.52. The lowest BCUT2D eigenvalue weighted by atomic mass is 10.2. The van der Waals surface area contributed by atoms with Gasteiger partial charge in [-0.1, -0.05) is 5.16 Å². The fraction of sp³-hybridized carbons (Fsp3) is 0.286. The van der Waals surface area contributed by atoms with Crippen molar-refractivity contribution in [1.82, 2.24) is 10.1 Å². The standard InChI is InChI=1S/C14H15N3O4/c1-9-15-13(21-17-9)4-2-3-12(18)16-11-7-5-10(6-8-11)14(19)20/h5-8H,2-4H2,1H3,(H,16,18)(H,19,20). The van der Waals surface area contributed by atoms with Crippen LogP contribution in [0.3, 0.4) is 0 Å². The van der Waals surface area contributed by atoms with E-state index in [-0.39, 0.29) is 11.5 Å². The molecule has 1 aromatic carbocycles. The first-order valence-electron chi connectivity index (χ1n) is 6.47. The van der Waals surface area contributed by atoms with Crippen LogP contribution in [0.2, 0.25) is 0 Å². The first-order valence-corrected chi connectivity index (χ1v) is 6.47. The Balaban J connectivity index is 1.77. The topological polar surface area (TPSA) is 105 Å². The van der Waals surface area contributed by atoms with Gasteiger partial charge in [0.1, 0.15) is 0 Å². The van der Waals surface area contributed by atoms with Gasteiger partial charge < -0.3 is 14.9 Å². The van der Waals surface area contributed by atoms with E-state index in [0.29, 0.717) is 36.7 Å². The molecule has 0 saturated heterocycles. The summed E-state index contributed by atoms with van der Waals surface area (Å²) in [7, 11) is 0. The largest absolute Gasteiger partial charge is 0.478 e. The number of anilines is 1. The SMILES string of the molecule is Cc1noc(CCCC(=O)Nc2ccc(C(=O)O)cc2)n1. The molecule has 21 heavy (non-hydrogen) atoms. The summed E-state index contributed by atoms with van der Waals surface area (Å²) in [4.78, 5) is 26.5. The molecule has 0 radical (unpaired) electrons. The van der Waals surface area contributed by atoms with Crippen molar-refractivity contribution < 1.29 is 19.2 Å². The third kappa shape index (κ3) is 4.41. The lowest BCUT2D eigenvalue weighted by molar-refractivity contribution is -0.116. The highest BCUT2D eigenvalue weighted by atomic mass is 16.5. The normalized spacial score (nSPS) is 10.3. The molecule has 7 nitrogen and oxygen atoms in total.